The van der Waals surface area contributed by atoms with Crippen molar-refractivity contribution in [2.45, 2.75) is 19.8 Å². The summed E-state index contributed by atoms with van der Waals surface area (Å²) in [4.78, 5) is 13.1. The van der Waals surface area contributed by atoms with E-state index in [2.05, 4.69) is 16.7 Å². The fraction of sp³-hybridized carbons (Fsp3) is 0.182. The quantitative estimate of drug-likeness (QED) is 0.790. The zero-order valence-corrected chi connectivity index (χ0v) is 16.1. The molecule has 0 bridgehead atoms. The van der Waals surface area contributed by atoms with Gasteiger partial charge in [-0.05, 0) is 30.4 Å². The van der Waals surface area contributed by atoms with E-state index >= 15 is 0 Å². The molecule has 0 fully saturated rings. The zero-order valence-electron chi connectivity index (χ0n) is 15.3. The van der Waals surface area contributed by atoms with Gasteiger partial charge in [0.05, 0.1) is 22.6 Å². The van der Waals surface area contributed by atoms with Crippen molar-refractivity contribution in [2.75, 3.05) is 11.1 Å². The molecule has 0 aliphatic carbocycles. The summed E-state index contributed by atoms with van der Waals surface area (Å²) in [5.41, 5.74) is 3.58. The number of hydrogen-bond donors (Lipinski definition) is 2. The van der Waals surface area contributed by atoms with Gasteiger partial charge in [-0.25, -0.2) is 0 Å². The molecular formula is C22H21N3OS. The number of nitrogens with one attached hydrogen (secondary N) is 2. The maximum absolute atomic E-state index is 13.1. The van der Waals surface area contributed by atoms with Gasteiger partial charge in [0.2, 0.25) is 0 Å². The summed E-state index contributed by atoms with van der Waals surface area (Å²) in [7, 11) is 0. The standard InChI is InChI=1S/C22H21N3OS/c1-3-27-22-18(14-23)20(16-10-6-4-7-11-16)19(15(2)24-22)21(26)25-17-12-8-5-9-13-17/h4-13,20,24H,3H2,1-2H3,(H,25,26)/t20-/m1/s1. The third-order valence-corrected chi connectivity index (χ3v) is 5.24. The first-order valence-corrected chi connectivity index (χ1v) is 9.80. The number of benzene rings is 2. The molecule has 0 saturated carbocycles. The van der Waals surface area contributed by atoms with Crippen molar-refractivity contribution in [2.24, 2.45) is 0 Å². The van der Waals surface area contributed by atoms with Crippen LogP contribution in [0.4, 0.5) is 5.69 Å². The highest BCUT2D eigenvalue weighted by Gasteiger charge is 2.34. The summed E-state index contributed by atoms with van der Waals surface area (Å²) in [6.07, 6.45) is 0. The topological polar surface area (TPSA) is 64.9 Å². The van der Waals surface area contributed by atoms with Crippen molar-refractivity contribution in [3.05, 3.63) is 88.1 Å². The highest BCUT2D eigenvalue weighted by atomic mass is 32.2. The number of thioether (sulfide) groups is 1. The SMILES string of the molecule is CCSC1=C(C#N)[C@@H](c2ccccc2)C(C(=O)Nc2ccccc2)=C(C)N1. The summed E-state index contributed by atoms with van der Waals surface area (Å²) in [5.74, 6) is 0.247. The molecule has 2 aromatic rings. The molecule has 1 atom stereocenters. The molecule has 2 aromatic carbocycles. The molecule has 136 valence electrons. The maximum Gasteiger partial charge on any atom is 0.254 e. The number of hydrogen-bond acceptors (Lipinski definition) is 4. The molecule has 27 heavy (non-hydrogen) atoms. The van der Waals surface area contributed by atoms with Gasteiger partial charge in [0.1, 0.15) is 0 Å². The number of carbonyl (C=O) groups excluding carboxylic acids is 1. The number of anilines is 1. The van der Waals surface area contributed by atoms with E-state index in [-0.39, 0.29) is 5.91 Å². The Morgan fingerprint density at radius 1 is 1.15 bits per heavy atom. The van der Waals surface area contributed by atoms with Crippen LogP contribution in [-0.2, 0) is 4.79 Å². The van der Waals surface area contributed by atoms with Crippen LogP contribution in [0.2, 0.25) is 0 Å². The van der Waals surface area contributed by atoms with Crippen molar-refractivity contribution in [1.82, 2.24) is 5.32 Å². The predicted molar refractivity (Wildman–Crippen MR) is 111 cm³/mol. The minimum Gasteiger partial charge on any atom is -0.353 e. The molecule has 2 N–H and O–H groups in total. The second kappa shape index (κ2) is 8.61. The van der Waals surface area contributed by atoms with E-state index in [0.717, 1.165) is 27.7 Å². The third-order valence-electron chi connectivity index (χ3n) is 4.35. The van der Waals surface area contributed by atoms with Crippen LogP contribution in [0.5, 0.6) is 0 Å². The Hall–Kier alpha value is -2.97. The van der Waals surface area contributed by atoms with Crippen molar-refractivity contribution in [3.8, 4) is 6.07 Å². The van der Waals surface area contributed by atoms with E-state index in [1.807, 2.05) is 74.5 Å². The van der Waals surface area contributed by atoms with Gasteiger partial charge in [0.15, 0.2) is 0 Å². The monoisotopic (exact) mass is 375 g/mol. The molecule has 0 unspecified atom stereocenters. The van der Waals surface area contributed by atoms with Crippen molar-refractivity contribution >= 4 is 23.4 Å². The van der Waals surface area contributed by atoms with Crippen LogP contribution in [-0.4, -0.2) is 11.7 Å². The number of dihydropyridines is 1. The summed E-state index contributed by atoms with van der Waals surface area (Å²) in [6.45, 7) is 3.93. The first kappa shape index (κ1) is 18.8. The van der Waals surface area contributed by atoms with Crippen LogP contribution in [0, 0.1) is 11.3 Å². The molecule has 4 nitrogen and oxygen atoms in total. The largest absolute Gasteiger partial charge is 0.353 e. The lowest BCUT2D eigenvalue weighted by Crippen LogP contribution is -2.30. The summed E-state index contributed by atoms with van der Waals surface area (Å²) >= 11 is 1.58. The zero-order chi connectivity index (χ0) is 19.2. The van der Waals surface area contributed by atoms with Gasteiger partial charge >= 0.3 is 0 Å². The molecule has 1 aliphatic rings. The number of allylic oxidation sites excluding steroid dienone is 2. The Bertz CT molecular complexity index is 927. The Morgan fingerprint density at radius 3 is 2.37 bits per heavy atom. The van der Waals surface area contributed by atoms with Gasteiger partial charge in [0, 0.05) is 17.0 Å². The molecule has 1 amide bonds. The number of para-hydroxylation sites is 1. The molecule has 1 aliphatic heterocycles. The Balaban J connectivity index is 2.06. The van der Waals surface area contributed by atoms with Crippen LogP contribution in [0.1, 0.15) is 25.3 Å². The highest BCUT2D eigenvalue weighted by molar-refractivity contribution is 8.03. The third kappa shape index (κ3) is 4.07. The molecule has 0 radical (unpaired) electrons. The number of rotatable bonds is 5. The van der Waals surface area contributed by atoms with Gasteiger partial charge in [-0.1, -0.05) is 55.5 Å². The minimum atomic E-state index is -0.393. The lowest BCUT2D eigenvalue weighted by Gasteiger charge is -2.29. The fourth-order valence-corrected chi connectivity index (χ4v) is 4.00. The van der Waals surface area contributed by atoms with Crippen LogP contribution in [0.25, 0.3) is 0 Å². The lowest BCUT2D eigenvalue weighted by molar-refractivity contribution is -0.113. The molecule has 0 aromatic heterocycles. The van der Waals surface area contributed by atoms with E-state index in [1.54, 1.807) is 11.8 Å². The van der Waals surface area contributed by atoms with Gasteiger partial charge < -0.3 is 10.6 Å². The van der Waals surface area contributed by atoms with Crippen LogP contribution in [0.3, 0.4) is 0 Å². The Kier molecular flexibility index (Phi) is 6.00. The second-order valence-corrected chi connectivity index (χ2v) is 7.39. The average molecular weight is 375 g/mol. The predicted octanol–water partition coefficient (Wildman–Crippen LogP) is 4.77. The molecular weight excluding hydrogens is 354 g/mol. The first-order valence-electron chi connectivity index (χ1n) is 8.82. The van der Waals surface area contributed by atoms with Crippen LogP contribution < -0.4 is 10.6 Å². The molecule has 0 saturated heterocycles. The van der Waals surface area contributed by atoms with Gasteiger partial charge in [0.25, 0.3) is 5.91 Å². The van der Waals surface area contributed by atoms with E-state index in [9.17, 15) is 10.1 Å². The summed E-state index contributed by atoms with van der Waals surface area (Å²) in [6, 6.07) is 21.4. The smallest absolute Gasteiger partial charge is 0.254 e. The highest BCUT2D eigenvalue weighted by Crippen LogP contribution is 2.40. The number of nitriles is 1. The van der Waals surface area contributed by atoms with Gasteiger partial charge in [-0.3, -0.25) is 4.79 Å². The maximum atomic E-state index is 13.1. The van der Waals surface area contributed by atoms with Crippen LogP contribution >= 0.6 is 11.8 Å². The van der Waals surface area contributed by atoms with E-state index in [4.69, 9.17) is 0 Å². The van der Waals surface area contributed by atoms with Gasteiger partial charge in [-0.2, -0.15) is 5.26 Å². The summed E-state index contributed by atoms with van der Waals surface area (Å²) in [5, 5.41) is 16.9. The van der Waals surface area contributed by atoms with E-state index in [1.165, 1.54) is 0 Å². The first-order chi connectivity index (χ1) is 13.2. The van der Waals surface area contributed by atoms with Crippen LogP contribution in [0.15, 0.2) is 82.5 Å². The number of amides is 1. The molecule has 1 heterocycles. The van der Waals surface area contributed by atoms with E-state index < -0.39 is 5.92 Å². The van der Waals surface area contributed by atoms with E-state index in [0.29, 0.717) is 11.1 Å². The number of carbonyl (C=O) groups is 1. The Morgan fingerprint density at radius 2 is 1.78 bits per heavy atom. The van der Waals surface area contributed by atoms with Crippen molar-refractivity contribution < 1.29 is 4.79 Å². The van der Waals surface area contributed by atoms with Crippen molar-refractivity contribution in [3.63, 3.8) is 0 Å². The van der Waals surface area contributed by atoms with Crippen molar-refractivity contribution in [1.29, 1.82) is 5.26 Å². The average Bonchev–Trinajstić information content (AvgIpc) is 2.69. The summed E-state index contributed by atoms with van der Waals surface area (Å²) < 4.78 is 0. The molecule has 5 heteroatoms. The molecule has 0 spiro atoms. The fourth-order valence-electron chi connectivity index (χ4n) is 3.17. The number of nitrogens with zero attached hydrogens (tertiary/aromatic N) is 1. The van der Waals surface area contributed by atoms with Gasteiger partial charge in [-0.15, -0.1) is 11.8 Å². The minimum absolute atomic E-state index is 0.201. The second-order valence-electron chi connectivity index (χ2n) is 6.12. The molecule has 3 rings (SSSR count). The Labute approximate surface area is 164 Å². The normalized spacial score (nSPS) is 16.6. The lowest BCUT2D eigenvalue weighted by atomic mass is 9.82.